The van der Waals surface area contributed by atoms with Crippen LogP contribution in [0, 0.1) is 0 Å². The lowest BCUT2D eigenvalue weighted by Crippen LogP contribution is -1.96. The molecule has 2 aromatic rings. The number of hydrogen-bond acceptors (Lipinski definition) is 3. The Balaban J connectivity index is 1.94. The third kappa shape index (κ3) is 3.73. The van der Waals surface area contributed by atoms with Gasteiger partial charge in [-0.3, -0.25) is 0 Å². The summed E-state index contributed by atoms with van der Waals surface area (Å²) < 4.78 is 0. The molecular formula is C16H18O3. The normalized spacial score (nSPS) is 10.6. The summed E-state index contributed by atoms with van der Waals surface area (Å²) in [5.41, 5.74) is 3.03. The maximum absolute atomic E-state index is 9.36. The second kappa shape index (κ2) is 6.25. The quantitative estimate of drug-likeness (QED) is 0.772. The van der Waals surface area contributed by atoms with E-state index in [4.69, 9.17) is 0 Å². The largest absolute Gasteiger partial charge is 0.508 e. The summed E-state index contributed by atoms with van der Waals surface area (Å²) in [6.45, 7) is -0.0526. The molecule has 0 unspecified atom stereocenters. The number of benzene rings is 2. The van der Waals surface area contributed by atoms with Crippen molar-refractivity contribution in [2.24, 2.45) is 0 Å². The van der Waals surface area contributed by atoms with Crippen LogP contribution in [-0.4, -0.2) is 15.3 Å². The molecule has 0 aromatic heterocycles. The maximum atomic E-state index is 9.36. The van der Waals surface area contributed by atoms with Crippen LogP contribution in [0.1, 0.15) is 23.1 Å². The summed E-state index contributed by atoms with van der Waals surface area (Å²) >= 11 is 0. The zero-order valence-corrected chi connectivity index (χ0v) is 10.7. The number of aliphatic hydroxyl groups excluding tert-OH is 1. The third-order valence-electron chi connectivity index (χ3n) is 3.21. The number of hydrogen-bond donors (Lipinski definition) is 3. The first-order chi connectivity index (χ1) is 9.19. The lowest BCUT2D eigenvalue weighted by atomic mass is 10.00. The molecular weight excluding hydrogens is 240 g/mol. The molecule has 100 valence electrons. The van der Waals surface area contributed by atoms with Crippen LogP contribution in [0.25, 0.3) is 0 Å². The Morgan fingerprint density at radius 2 is 1.42 bits per heavy atom. The molecule has 0 amide bonds. The summed E-state index contributed by atoms with van der Waals surface area (Å²) in [6.07, 6.45) is 2.74. The number of aliphatic hydroxyl groups is 1. The Hall–Kier alpha value is -2.00. The number of phenolic OH excluding ortho intramolecular Hbond substituents is 2. The Bertz CT molecular complexity index is 532. The summed E-state index contributed by atoms with van der Waals surface area (Å²) in [6, 6.07) is 12.3. The van der Waals surface area contributed by atoms with Crippen LogP contribution in [0.15, 0.2) is 42.5 Å². The summed E-state index contributed by atoms with van der Waals surface area (Å²) in [5, 5.41) is 27.8. The molecule has 3 heteroatoms. The molecule has 0 aliphatic rings. The molecule has 0 fully saturated rings. The predicted molar refractivity (Wildman–Crippen MR) is 74.2 cm³/mol. The van der Waals surface area contributed by atoms with Crippen molar-refractivity contribution in [2.45, 2.75) is 25.9 Å². The Labute approximate surface area is 112 Å². The number of rotatable bonds is 5. The van der Waals surface area contributed by atoms with Crippen molar-refractivity contribution in [1.29, 1.82) is 0 Å². The molecule has 3 N–H and O–H groups in total. The summed E-state index contributed by atoms with van der Waals surface area (Å²) in [5.74, 6) is 0.469. The Morgan fingerprint density at radius 1 is 0.737 bits per heavy atom. The van der Waals surface area contributed by atoms with Crippen molar-refractivity contribution in [3.8, 4) is 11.5 Å². The van der Waals surface area contributed by atoms with Crippen LogP contribution >= 0.6 is 0 Å². The van der Waals surface area contributed by atoms with Crippen LogP contribution < -0.4 is 0 Å². The fraction of sp³-hybridized carbons (Fsp3) is 0.250. The highest BCUT2D eigenvalue weighted by Crippen LogP contribution is 2.19. The van der Waals surface area contributed by atoms with E-state index in [0.717, 1.165) is 30.4 Å². The lowest BCUT2D eigenvalue weighted by molar-refractivity contribution is 0.280. The molecule has 0 aliphatic carbocycles. The zero-order chi connectivity index (χ0) is 13.7. The van der Waals surface area contributed by atoms with E-state index in [0.29, 0.717) is 0 Å². The standard InChI is InChI=1S/C16H18O3/c17-11-14-10-16(19)9-6-13(14)3-1-2-12-4-7-15(18)8-5-12/h4-10,17-19H,1-3,11H2. The first-order valence-corrected chi connectivity index (χ1v) is 6.38. The van der Waals surface area contributed by atoms with Gasteiger partial charge in [0.15, 0.2) is 0 Å². The number of phenols is 2. The first-order valence-electron chi connectivity index (χ1n) is 6.38. The van der Waals surface area contributed by atoms with Crippen molar-refractivity contribution < 1.29 is 15.3 Å². The lowest BCUT2D eigenvalue weighted by Gasteiger charge is -2.08. The van der Waals surface area contributed by atoms with Crippen molar-refractivity contribution in [2.75, 3.05) is 0 Å². The van der Waals surface area contributed by atoms with Gasteiger partial charge in [-0.25, -0.2) is 0 Å². The number of aryl methyl sites for hydroxylation is 2. The predicted octanol–water partition coefficient (Wildman–Crippen LogP) is 2.77. The molecule has 3 nitrogen and oxygen atoms in total. The average Bonchev–Trinajstić information content (AvgIpc) is 2.42. The van der Waals surface area contributed by atoms with Gasteiger partial charge in [-0.1, -0.05) is 18.2 Å². The SMILES string of the molecule is OCc1cc(O)ccc1CCCc1ccc(O)cc1. The van der Waals surface area contributed by atoms with Gasteiger partial charge in [0.25, 0.3) is 0 Å². The highest BCUT2D eigenvalue weighted by molar-refractivity contribution is 5.34. The topological polar surface area (TPSA) is 60.7 Å². The van der Waals surface area contributed by atoms with Crippen LogP contribution in [-0.2, 0) is 19.4 Å². The van der Waals surface area contributed by atoms with E-state index >= 15 is 0 Å². The third-order valence-corrected chi connectivity index (χ3v) is 3.21. The van der Waals surface area contributed by atoms with E-state index in [1.807, 2.05) is 18.2 Å². The van der Waals surface area contributed by atoms with Crippen molar-refractivity contribution >= 4 is 0 Å². The van der Waals surface area contributed by atoms with Gasteiger partial charge in [0.1, 0.15) is 11.5 Å². The van der Waals surface area contributed by atoms with Crippen molar-refractivity contribution in [1.82, 2.24) is 0 Å². The van der Waals surface area contributed by atoms with E-state index < -0.39 is 0 Å². The average molecular weight is 258 g/mol. The second-order valence-corrected chi connectivity index (χ2v) is 4.63. The second-order valence-electron chi connectivity index (χ2n) is 4.63. The minimum Gasteiger partial charge on any atom is -0.508 e. The zero-order valence-electron chi connectivity index (χ0n) is 10.7. The monoisotopic (exact) mass is 258 g/mol. The fourth-order valence-corrected chi connectivity index (χ4v) is 2.15. The summed E-state index contributed by atoms with van der Waals surface area (Å²) in [7, 11) is 0. The van der Waals surface area contributed by atoms with Crippen molar-refractivity contribution in [3.63, 3.8) is 0 Å². The van der Waals surface area contributed by atoms with Gasteiger partial charge in [0.05, 0.1) is 6.61 Å². The first kappa shape index (κ1) is 13.4. The van der Waals surface area contributed by atoms with Gasteiger partial charge in [-0.15, -0.1) is 0 Å². The van der Waals surface area contributed by atoms with Gasteiger partial charge in [-0.05, 0) is 60.2 Å². The Kier molecular flexibility index (Phi) is 4.42. The fourth-order valence-electron chi connectivity index (χ4n) is 2.15. The smallest absolute Gasteiger partial charge is 0.115 e. The van der Waals surface area contributed by atoms with Gasteiger partial charge < -0.3 is 15.3 Å². The molecule has 0 bridgehead atoms. The van der Waals surface area contributed by atoms with Gasteiger partial charge in [0.2, 0.25) is 0 Å². The minimum absolute atomic E-state index is 0.0526. The number of aromatic hydroxyl groups is 2. The van der Waals surface area contributed by atoms with Crippen LogP contribution in [0.5, 0.6) is 11.5 Å². The molecule has 0 saturated carbocycles. The van der Waals surface area contributed by atoms with Crippen molar-refractivity contribution in [3.05, 3.63) is 59.2 Å². The van der Waals surface area contributed by atoms with Crippen LogP contribution in [0.3, 0.4) is 0 Å². The molecule has 0 radical (unpaired) electrons. The highest BCUT2D eigenvalue weighted by Gasteiger charge is 2.03. The molecule has 19 heavy (non-hydrogen) atoms. The van der Waals surface area contributed by atoms with Gasteiger partial charge >= 0.3 is 0 Å². The van der Waals surface area contributed by atoms with E-state index in [1.165, 1.54) is 5.56 Å². The van der Waals surface area contributed by atoms with Crippen LogP contribution in [0.4, 0.5) is 0 Å². The molecule has 2 rings (SSSR count). The minimum atomic E-state index is -0.0526. The molecule has 0 aliphatic heterocycles. The van der Waals surface area contributed by atoms with Gasteiger partial charge in [0, 0.05) is 0 Å². The Morgan fingerprint density at radius 3 is 2.11 bits per heavy atom. The van der Waals surface area contributed by atoms with E-state index in [-0.39, 0.29) is 18.1 Å². The van der Waals surface area contributed by atoms with E-state index in [2.05, 4.69) is 0 Å². The summed E-state index contributed by atoms with van der Waals surface area (Å²) in [4.78, 5) is 0. The van der Waals surface area contributed by atoms with Crippen LogP contribution in [0.2, 0.25) is 0 Å². The molecule has 0 atom stereocenters. The van der Waals surface area contributed by atoms with Gasteiger partial charge in [-0.2, -0.15) is 0 Å². The van der Waals surface area contributed by atoms with E-state index in [1.54, 1.807) is 24.3 Å². The molecule has 2 aromatic carbocycles. The molecule has 0 heterocycles. The molecule has 0 spiro atoms. The molecule has 0 saturated heterocycles. The van der Waals surface area contributed by atoms with E-state index in [9.17, 15) is 15.3 Å². The highest BCUT2D eigenvalue weighted by atomic mass is 16.3. The maximum Gasteiger partial charge on any atom is 0.115 e.